The van der Waals surface area contributed by atoms with Crippen molar-refractivity contribution in [3.63, 3.8) is 0 Å². The van der Waals surface area contributed by atoms with Crippen LogP contribution in [-0.2, 0) is 4.43 Å². The van der Waals surface area contributed by atoms with Gasteiger partial charge in [0.05, 0.1) is 12.3 Å². The Balaban J connectivity index is 0.00000500. The van der Waals surface area contributed by atoms with E-state index in [2.05, 4.69) is 192 Å². The molecule has 0 aliphatic carbocycles. The van der Waals surface area contributed by atoms with Gasteiger partial charge >= 0.3 is 0 Å². The number of benzene rings is 5. The highest BCUT2D eigenvalue weighted by Crippen LogP contribution is 2.55. The summed E-state index contributed by atoms with van der Waals surface area (Å²) in [4.78, 5) is 0. The van der Waals surface area contributed by atoms with Gasteiger partial charge in [0.25, 0.3) is 8.32 Å². The molecule has 0 aliphatic rings. The average Bonchev–Trinajstić information content (AvgIpc) is 3.10. The highest BCUT2D eigenvalue weighted by Gasteiger charge is 2.51. The second-order valence-electron chi connectivity index (χ2n) is 13.2. The zero-order chi connectivity index (χ0) is 32.3. The van der Waals surface area contributed by atoms with Crippen molar-refractivity contribution < 1.29 is 21.4 Å². The monoisotopic (exact) mass is 720 g/mol. The lowest BCUT2D eigenvalue weighted by atomic mass is 10.1. The number of allylic oxidation sites excluding steroid dienone is 1. The molecule has 0 aromatic heterocycles. The summed E-state index contributed by atoms with van der Waals surface area (Å²) in [7, 11) is -4.67. The van der Waals surface area contributed by atoms with Crippen LogP contribution in [0, 0.1) is 0 Å². The van der Waals surface area contributed by atoms with Crippen LogP contribution in [0.4, 0.5) is 0 Å². The Morgan fingerprint density at radius 3 is 1.34 bits per heavy atom. The highest BCUT2D eigenvalue weighted by molar-refractivity contribution is 7.95. The Hall–Kier alpha value is -3.07. The minimum absolute atomic E-state index is 0. The predicted molar refractivity (Wildman–Crippen MR) is 206 cm³/mol. The molecule has 0 unspecified atom stereocenters. The average molecular weight is 722 g/mol. The Morgan fingerprint density at radius 2 is 0.979 bits per heavy atom. The first-order chi connectivity index (χ1) is 22.4. The lowest BCUT2D eigenvalue weighted by molar-refractivity contribution is -0.0000103. The number of unbranched alkanes of at least 4 members (excludes halogenated alkanes) is 2. The summed E-state index contributed by atoms with van der Waals surface area (Å²) < 4.78 is 7.72. The van der Waals surface area contributed by atoms with Crippen LogP contribution in [0.3, 0.4) is 0 Å². The van der Waals surface area contributed by atoms with Gasteiger partial charge in [0.15, 0.2) is 0 Å². The Labute approximate surface area is 296 Å². The van der Waals surface area contributed by atoms with Crippen molar-refractivity contribution in [1.82, 2.24) is 0 Å². The number of hydrogen-bond acceptors (Lipinski definition) is 1. The van der Waals surface area contributed by atoms with Crippen molar-refractivity contribution in [2.45, 2.75) is 64.5 Å². The van der Waals surface area contributed by atoms with Crippen LogP contribution in [0.15, 0.2) is 164 Å². The molecule has 1 nitrogen and oxygen atoms in total. The fourth-order valence-electron chi connectivity index (χ4n) is 6.89. The normalized spacial score (nSPS) is 12.9. The maximum absolute atomic E-state index is 7.72. The number of hydrogen-bond donors (Lipinski definition) is 0. The molecule has 0 heterocycles. The zero-order valence-corrected chi connectivity index (χ0v) is 31.9. The van der Waals surface area contributed by atoms with Gasteiger partial charge in [0.2, 0.25) is 0 Å². The minimum atomic E-state index is -2.70. The first-order valence-electron chi connectivity index (χ1n) is 16.9. The summed E-state index contributed by atoms with van der Waals surface area (Å²) in [6.45, 7) is 9.42. The molecule has 0 radical (unpaired) electrons. The Kier molecular flexibility index (Phi) is 13.6. The summed E-state index contributed by atoms with van der Waals surface area (Å²) in [6.07, 6.45) is 10.4. The molecular formula is C43H50BrOPSi. The van der Waals surface area contributed by atoms with E-state index >= 15 is 0 Å². The highest BCUT2D eigenvalue weighted by atomic mass is 79.9. The van der Waals surface area contributed by atoms with Crippen molar-refractivity contribution in [1.29, 1.82) is 0 Å². The predicted octanol–water partition coefficient (Wildman–Crippen LogP) is 6.07. The van der Waals surface area contributed by atoms with Crippen molar-refractivity contribution in [2.24, 2.45) is 0 Å². The molecule has 0 N–H and O–H groups in total. The van der Waals surface area contributed by atoms with Crippen molar-refractivity contribution >= 4 is 41.9 Å². The van der Waals surface area contributed by atoms with E-state index in [9.17, 15) is 0 Å². The molecule has 5 rings (SSSR count). The van der Waals surface area contributed by atoms with Crippen LogP contribution in [0.1, 0.15) is 53.4 Å². The van der Waals surface area contributed by atoms with Gasteiger partial charge in [-0.1, -0.05) is 168 Å². The molecule has 47 heavy (non-hydrogen) atoms. The van der Waals surface area contributed by atoms with Gasteiger partial charge in [-0.15, -0.1) is 0 Å². The standard InChI is InChI=1S/C43H50OPSi.BrH/c1-5-6-12-24-37(44-46(43(2,3)4,41-32-19-10-20-33-41)42-34-21-11-22-35-42)25-23-36-45(38-26-13-7-14-27-38,39-28-15-8-16-29-39)40-30-17-9-18-31-40;/h7-11,13-23,25-35,37H,5-6,12,24,36H2,1-4H3;1H/q+1;/p-1/b25-23+;/t37-;/m0./s1. The molecule has 0 fully saturated rings. The van der Waals surface area contributed by atoms with E-state index in [0.29, 0.717) is 0 Å². The largest absolute Gasteiger partial charge is 1.00 e. The van der Waals surface area contributed by atoms with Gasteiger partial charge in [-0.05, 0) is 64.3 Å². The molecule has 4 heteroatoms. The second kappa shape index (κ2) is 17.4. The minimum Gasteiger partial charge on any atom is -1.00 e. The van der Waals surface area contributed by atoms with Gasteiger partial charge in [0, 0.05) is 0 Å². The SMILES string of the molecule is CCCCC[C@@H](/C=C/C[P+](c1ccccc1)(c1ccccc1)c1ccccc1)O[Si](c1ccccc1)(c1ccccc1)C(C)(C)C.[Br-]. The quantitative estimate of drug-likeness (QED) is 0.0587. The third kappa shape index (κ3) is 8.33. The molecule has 0 spiro atoms. The molecular weight excluding hydrogens is 671 g/mol. The molecule has 0 amide bonds. The van der Waals surface area contributed by atoms with E-state index in [-0.39, 0.29) is 28.1 Å². The number of halogens is 1. The first-order valence-corrected chi connectivity index (χ1v) is 20.8. The van der Waals surface area contributed by atoms with Crippen LogP contribution < -0.4 is 43.3 Å². The van der Waals surface area contributed by atoms with Crippen molar-refractivity contribution in [2.75, 3.05) is 6.16 Å². The summed E-state index contributed by atoms with van der Waals surface area (Å²) in [6, 6.07) is 55.7. The molecule has 0 saturated carbocycles. The summed E-state index contributed by atoms with van der Waals surface area (Å²) in [5, 5.41) is 6.83. The van der Waals surface area contributed by atoms with Gasteiger partial charge in [-0.3, -0.25) is 0 Å². The summed E-state index contributed by atoms with van der Waals surface area (Å²) in [5.41, 5.74) is 0. The van der Waals surface area contributed by atoms with Gasteiger partial charge in [0.1, 0.15) is 23.2 Å². The zero-order valence-electron chi connectivity index (χ0n) is 28.4. The van der Waals surface area contributed by atoms with Crippen molar-refractivity contribution in [3.8, 4) is 0 Å². The molecule has 5 aromatic rings. The molecule has 0 saturated heterocycles. The molecule has 5 aromatic carbocycles. The summed E-state index contributed by atoms with van der Waals surface area (Å²) >= 11 is 0. The smallest absolute Gasteiger partial charge is 0.261 e. The van der Waals surface area contributed by atoms with Gasteiger partial charge < -0.3 is 21.4 Å². The fourth-order valence-corrected chi connectivity index (χ4v) is 15.6. The van der Waals surface area contributed by atoms with Crippen LogP contribution in [0.25, 0.3) is 0 Å². The van der Waals surface area contributed by atoms with E-state index in [0.717, 1.165) is 19.0 Å². The van der Waals surface area contributed by atoms with E-state index in [1.54, 1.807) is 0 Å². The number of rotatable bonds is 14. The summed E-state index contributed by atoms with van der Waals surface area (Å²) in [5.74, 6) is 0. The van der Waals surface area contributed by atoms with Gasteiger partial charge in [-0.2, -0.15) is 0 Å². The van der Waals surface area contributed by atoms with E-state index in [1.165, 1.54) is 39.1 Å². The van der Waals surface area contributed by atoms with Gasteiger partial charge in [-0.25, -0.2) is 0 Å². The first kappa shape index (κ1) is 36.8. The third-order valence-electron chi connectivity index (χ3n) is 9.16. The second-order valence-corrected chi connectivity index (χ2v) is 21.0. The molecule has 1 atom stereocenters. The Morgan fingerprint density at radius 1 is 0.596 bits per heavy atom. The Bertz CT molecular complexity index is 1490. The topological polar surface area (TPSA) is 9.23 Å². The molecule has 244 valence electrons. The van der Waals surface area contributed by atoms with E-state index < -0.39 is 15.6 Å². The van der Waals surface area contributed by atoms with Crippen LogP contribution in [0.2, 0.25) is 5.04 Å². The molecule has 0 aliphatic heterocycles. The van der Waals surface area contributed by atoms with Crippen LogP contribution in [0.5, 0.6) is 0 Å². The third-order valence-corrected chi connectivity index (χ3v) is 18.5. The van der Waals surface area contributed by atoms with E-state index in [1.807, 2.05) is 0 Å². The van der Waals surface area contributed by atoms with Crippen molar-refractivity contribution in [3.05, 3.63) is 164 Å². The van der Waals surface area contributed by atoms with E-state index in [4.69, 9.17) is 4.43 Å². The maximum Gasteiger partial charge on any atom is 0.261 e. The maximum atomic E-state index is 7.72. The lowest BCUT2D eigenvalue weighted by Crippen LogP contribution is -3.00. The van der Waals surface area contributed by atoms with Crippen LogP contribution in [-0.4, -0.2) is 20.6 Å². The lowest BCUT2D eigenvalue weighted by Gasteiger charge is -2.45. The fraction of sp³-hybridized carbons (Fsp3) is 0.256. The van der Waals surface area contributed by atoms with Crippen LogP contribution >= 0.6 is 7.26 Å². The molecule has 0 bridgehead atoms.